The van der Waals surface area contributed by atoms with Crippen molar-refractivity contribution in [3.05, 3.63) is 0 Å². The van der Waals surface area contributed by atoms with E-state index in [1.807, 2.05) is 0 Å². The number of hydrogen-bond acceptors (Lipinski definition) is 3. The summed E-state index contributed by atoms with van der Waals surface area (Å²) in [6, 6.07) is 0. The van der Waals surface area contributed by atoms with E-state index in [1.165, 1.54) is 0 Å². The van der Waals surface area contributed by atoms with Gasteiger partial charge in [0.05, 0.1) is 6.42 Å². The Morgan fingerprint density at radius 2 is 2.10 bits per heavy atom. The number of carboxylic acid groups (broad SMARTS) is 2. The summed E-state index contributed by atoms with van der Waals surface area (Å²) in [5.41, 5.74) is 0. The number of rotatable bonds is 3. The molecule has 0 spiro atoms. The van der Waals surface area contributed by atoms with E-state index in [2.05, 4.69) is 4.58 Å². The Morgan fingerprint density at radius 1 is 1.60 bits per heavy atom. The molecular formula is C4H6O6. The highest BCUT2D eigenvalue weighted by Gasteiger charge is 2.24. The first-order valence-corrected chi connectivity index (χ1v) is 2.33. The van der Waals surface area contributed by atoms with Crippen molar-refractivity contribution in [1.29, 1.82) is 0 Å². The smallest absolute Gasteiger partial charge is 0.525 e. The van der Waals surface area contributed by atoms with Crippen LogP contribution in [-0.2, 0) is 9.37 Å². The molecule has 0 heterocycles. The Kier molecular flexibility index (Phi) is 3.20. The van der Waals surface area contributed by atoms with Gasteiger partial charge in [-0.2, -0.15) is 0 Å². The third kappa shape index (κ3) is 2.88. The second-order valence-corrected chi connectivity index (χ2v) is 1.54. The first kappa shape index (κ1) is 8.70. The Hall–Kier alpha value is -1.30. The molecule has 6 heteroatoms. The fraction of sp³-hybridized carbons (Fsp3) is 0.500. The van der Waals surface area contributed by atoms with Crippen LogP contribution >= 0.6 is 0 Å². The van der Waals surface area contributed by atoms with Gasteiger partial charge in [-0.1, -0.05) is 0 Å². The number of aliphatic hydroxyl groups excluding tert-OH is 2. The second kappa shape index (κ2) is 3.67. The zero-order chi connectivity index (χ0) is 8.15. The summed E-state index contributed by atoms with van der Waals surface area (Å²) in [6.45, 7) is 0. The molecule has 0 bridgehead atoms. The zero-order valence-electron chi connectivity index (χ0n) is 4.85. The van der Waals surface area contributed by atoms with Gasteiger partial charge in [0.25, 0.3) is 0 Å². The summed E-state index contributed by atoms with van der Waals surface area (Å²) in [5, 5.41) is 34.0. The lowest BCUT2D eigenvalue weighted by Crippen LogP contribution is -2.27. The Morgan fingerprint density at radius 3 is 2.40 bits per heavy atom. The maximum Gasteiger partial charge on any atom is 0.525 e. The molecular weight excluding hydrogens is 144 g/mol. The minimum Gasteiger partial charge on any atom is -0.588 e. The molecule has 0 radical (unpaired) electrons. The van der Waals surface area contributed by atoms with Gasteiger partial charge in [0.2, 0.25) is 6.10 Å². The number of hydrogen-bond donors (Lipinski definition) is 3. The normalized spacial score (nSPS) is 14.7. The fourth-order valence-corrected chi connectivity index (χ4v) is 0.308. The van der Waals surface area contributed by atoms with Gasteiger partial charge >= 0.3 is 11.9 Å². The van der Waals surface area contributed by atoms with E-state index in [4.69, 9.17) is 15.3 Å². The van der Waals surface area contributed by atoms with Crippen molar-refractivity contribution in [1.82, 2.24) is 0 Å². The third-order valence-corrected chi connectivity index (χ3v) is 0.738. The van der Waals surface area contributed by atoms with Crippen LogP contribution in [0, 0.1) is 0 Å². The molecule has 0 aromatic heterocycles. The van der Waals surface area contributed by atoms with Crippen molar-refractivity contribution in [3.8, 4) is 0 Å². The van der Waals surface area contributed by atoms with Crippen LogP contribution in [0.3, 0.4) is 0 Å². The van der Waals surface area contributed by atoms with E-state index >= 15 is 0 Å². The summed E-state index contributed by atoms with van der Waals surface area (Å²) < 4.78 is 2.92. The maximum atomic E-state index is 9.79. The molecule has 0 aliphatic carbocycles. The van der Waals surface area contributed by atoms with Crippen LogP contribution in [0.4, 0.5) is 0 Å². The van der Waals surface area contributed by atoms with Crippen LogP contribution in [0.5, 0.6) is 0 Å². The molecule has 0 rings (SSSR count). The predicted octanol–water partition coefficient (Wildman–Crippen LogP) is -2.28. The predicted molar refractivity (Wildman–Crippen MR) is 25.9 cm³/mol. The average Bonchev–Trinajstić information content (AvgIpc) is 1.85. The van der Waals surface area contributed by atoms with Crippen LogP contribution in [0.2, 0.25) is 0 Å². The van der Waals surface area contributed by atoms with Gasteiger partial charge in [0.15, 0.2) is 0 Å². The minimum atomic E-state index is -1.75. The molecule has 3 N–H and O–H groups in total. The van der Waals surface area contributed by atoms with Crippen molar-refractivity contribution in [3.63, 3.8) is 0 Å². The quantitative estimate of drug-likeness (QED) is 0.238. The summed E-state index contributed by atoms with van der Waals surface area (Å²) in [5.74, 6) is -2.57. The number of carbonyl (C=O) groups is 1. The van der Waals surface area contributed by atoms with Gasteiger partial charge in [-0.05, 0) is 0 Å². The maximum absolute atomic E-state index is 9.79. The Labute approximate surface area is 55.6 Å². The molecule has 10 heavy (non-hydrogen) atoms. The molecule has 0 aromatic rings. The number of aliphatic hydroxyl groups is 1. The summed E-state index contributed by atoms with van der Waals surface area (Å²) in [6.07, 6.45) is -2.51. The van der Waals surface area contributed by atoms with Crippen LogP contribution in [0.25, 0.3) is 0 Å². The van der Waals surface area contributed by atoms with Gasteiger partial charge in [-0.3, -0.25) is 9.37 Å². The molecule has 1 atom stereocenters. The molecule has 0 fully saturated rings. The lowest BCUT2D eigenvalue weighted by molar-refractivity contribution is -1.05. The monoisotopic (exact) mass is 150 g/mol. The summed E-state index contributed by atoms with van der Waals surface area (Å²) in [7, 11) is 0. The SMILES string of the molecule is O=C(O)CC(O)C(O)=[O+][O-]. The molecule has 58 valence electrons. The molecule has 0 amide bonds. The first-order valence-electron chi connectivity index (χ1n) is 2.33. The fourth-order valence-electron chi connectivity index (χ4n) is 0.308. The van der Waals surface area contributed by atoms with Gasteiger partial charge < -0.3 is 20.6 Å². The highest BCUT2D eigenvalue weighted by Crippen LogP contribution is 1.90. The van der Waals surface area contributed by atoms with Crippen molar-refractivity contribution in [2.45, 2.75) is 12.5 Å². The van der Waals surface area contributed by atoms with Gasteiger partial charge in [-0.25, -0.2) is 0 Å². The van der Waals surface area contributed by atoms with Crippen molar-refractivity contribution in [2.75, 3.05) is 0 Å². The zero-order valence-corrected chi connectivity index (χ0v) is 4.85. The highest BCUT2D eigenvalue weighted by atomic mass is 17.1. The Balaban J connectivity index is 3.85. The van der Waals surface area contributed by atoms with Crippen molar-refractivity contribution < 1.29 is 29.9 Å². The topological polar surface area (TPSA) is 112 Å². The van der Waals surface area contributed by atoms with Crippen LogP contribution in [-0.4, -0.2) is 33.4 Å². The summed E-state index contributed by atoms with van der Waals surface area (Å²) >= 11 is 0. The summed E-state index contributed by atoms with van der Waals surface area (Å²) in [4.78, 5) is 9.79. The van der Waals surface area contributed by atoms with E-state index in [9.17, 15) is 10.1 Å². The van der Waals surface area contributed by atoms with E-state index in [-0.39, 0.29) is 0 Å². The minimum absolute atomic E-state index is 0.756. The lowest BCUT2D eigenvalue weighted by atomic mass is 10.3. The van der Waals surface area contributed by atoms with Gasteiger partial charge in [0.1, 0.15) is 0 Å². The standard InChI is InChI=1S/C4H6O6/c5-2(1-3(6)7)4(8)10-9/h2,5,8H,1H2,(H,6,7). The van der Waals surface area contributed by atoms with E-state index in [0.717, 1.165) is 0 Å². The van der Waals surface area contributed by atoms with Gasteiger partial charge in [0, 0.05) is 0 Å². The second-order valence-electron chi connectivity index (χ2n) is 1.54. The number of carboxylic acids is 2. The lowest BCUT2D eigenvalue weighted by Gasteiger charge is -1.95. The largest absolute Gasteiger partial charge is 0.588 e. The van der Waals surface area contributed by atoms with Gasteiger partial charge in [-0.15, -0.1) is 0 Å². The molecule has 1 unspecified atom stereocenters. The average molecular weight is 150 g/mol. The van der Waals surface area contributed by atoms with Crippen molar-refractivity contribution in [2.24, 2.45) is 0 Å². The molecule has 0 aliphatic rings. The van der Waals surface area contributed by atoms with Crippen LogP contribution in [0.1, 0.15) is 6.42 Å². The van der Waals surface area contributed by atoms with Crippen LogP contribution < -0.4 is 5.26 Å². The van der Waals surface area contributed by atoms with Crippen LogP contribution in [0.15, 0.2) is 0 Å². The van der Waals surface area contributed by atoms with E-state index in [1.54, 1.807) is 0 Å². The molecule has 0 aromatic carbocycles. The molecule has 0 aliphatic heterocycles. The number of aliphatic carboxylic acids is 2. The Bertz CT molecular complexity index is 150. The van der Waals surface area contributed by atoms with E-state index in [0.29, 0.717) is 0 Å². The molecule has 0 saturated heterocycles. The third-order valence-electron chi connectivity index (χ3n) is 0.738. The molecule has 6 nitrogen and oxygen atoms in total. The molecule has 0 saturated carbocycles. The van der Waals surface area contributed by atoms with E-state index < -0.39 is 24.5 Å². The van der Waals surface area contributed by atoms with Crippen molar-refractivity contribution >= 4 is 11.9 Å². The highest BCUT2D eigenvalue weighted by molar-refractivity contribution is 5.79. The first-order chi connectivity index (χ1) is 4.57.